The first kappa shape index (κ1) is 18.1. The monoisotopic (exact) mass is 343 g/mol. The minimum atomic E-state index is -0.630. The average molecular weight is 343 g/mol. The van der Waals surface area contributed by atoms with Crippen molar-refractivity contribution in [1.82, 2.24) is 14.8 Å². The van der Waals surface area contributed by atoms with Crippen molar-refractivity contribution >= 4 is 5.97 Å². The molecule has 136 valence electrons. The van der Waals surface area contributed by atoms with E-state index in [4.69, 9.17) is 0 Å². The Morgan fingerprint density at radius 2 is 1.96 bits per heavy atom. The Hall–Kier alpha value is -1.72. The molecule has 2 fully saturated rings. The molecule has 2 saturated heterocycles. The van der Waals surface area contributed by atoms with Crippen molar-refractivity contribution in [3.8, 4) is 0 Å². The van der Waals surface area contributed by atoms with Crippen LogP contribution >= 0.6 is 0 Å². The second kappa shape index (κ2) is 7.67. The van der Waals surface area contributed by atoms with Crippen LogP contribution in [0.1, 0.15) is 32.3 Å². The highest BCUT2D eigenvalue weighted by molar-refractivity contribution is 5.72. The first-order valence-corrected chi connectivity index (χ1v) is 9.18. The first-order chi connectivity index (χ1) is 12.0. The Labute approximate surface area is 150 Å². The van der Waals surface area contributed by atoms with E-state index in [2.05, 4.69) is 34.7 Å². The zero-order valence-electron chi connectivity index (χ0n) is 15.3. The number of carboxylic acid groups (broad SMARTS) is 1. The van der Waals surface area contributed by atoms with Crippen LogP contribution in [0.25, 0.3) is 0 Å². The maximum absolute atomic E-state index is 11.9. The molecule has 3 rings (SSSR count). The van der Waals surface area contributed by atoms with Crippen molar-refractivity contribution in [3.63, 3.8) is 0 Å². The zero-order valence-corrected chi connectivity index (χ0v) is 15.3. The number of rotatable bonds is 5. The van der Waals surface area contributed by atoms with Gasteiger partial charge in [-0.1, -0.05) is 11.6 Å². The molecule has 1 spiro atoms. The molecule has 5 heteroatoms. The summed E-state index contributed by atoms with van der Waals surface area (Å²) in [6.45, 7) is 9.59. The van der Waals surface area contributed by atoms with Gasteiger partial charge >= 0.3 is 5.97 Å². The summed E-state index contributed by atoms with van der Waals surface area (Å²) < 4.78 is 0. The van der Waals surface area contributed by atoms with Gasteiger partial charge in [0.25, 0.3) is 0 Å². The first-order valence-electron chi connectivity index (χ1n) is 9.18. The van der Waals surface area contributed by atoms with Crippen molar-refractivity contribution in [2.75, 3.05) is 32.7 Å². The smallest absolute Gasteiger partial charge is 0.308 e. The van der Waals surface area contributed by atoms with Gasteiger partial charge in [-0.05, 0) is 57.5 Å². The minimum Gasteiger partial charge on any atom is -0.481 e. The summed E-state index contributed by atoms with van der Waals surface area (Å²) in [6.07, 6.45) is 7.83. The molecule has 0 aromatic carbocycles. The Morgan fingerprint density at radius 3 is 2.56 bits per heavy atom. The van der Waals surface area contributed by atoms with Crippen molar-refractivity contribution in [2.24, 2.45) is 11.3 Å². The maximum atomic E-state index is 11.9. The third-order valence-corrected chi connectivity index (χ3v) is 5.78. The third-order valence-electron chi connectivity index (χ3n) is 5.78. The van der Waals surface area contributed by atoms with Gasteiger partial charge in [-0.3, -0.25) is 19.6 Å². The van der Waals surface area contributed by atoms with Crippen LogP contribution in [0.4, 0.5) is 0 Å². The molecule has 1 aromatic rings. The molecular formula is C20H29N3O2. The summed E-state index contributed by atoms with van der Waals surface area (Å²) >= 11 is 0. The number of hydrogen-bond acceptors (Lipinski definition) is 4. The standard InChI is InChI=1S/C20H29N3O2/c1-16(2)5-10-22-11-6-20(7-12-22)15-23(14-18(20)19(24)25)13-17-3-8-21-9-4-17/h3-5,8-9,18H,6-7,10-15H2,1-2H3,(H,24,25). The van der Waals surface area contributed by atoms with Crippen molar-refractivity contribution in [1.29, 1.82) is 0 Å². The molecule has 1 aromatic heterocycles. The summed E-state index contributed by atoms with van der Waals surface area (Å²) in [5.41, 5.74) is 2.48. The molecular weight excluding hydrogens is 314 g/mol. The number of carboxylic acids is 1. The van der Waals surface area contributed by atoms with E-state index in [1.54, 1.807) is 12.4 Å². The van der Waals surface area contributed by atoms with Crippen LogP contribution in [0, 0.1) is 11.3 Å². The van der Waals surface area contributed by atoms with Crippen LogP contribution in [0.3, 0.4) is 0 Å². The molecule has 0 radical (unpaired) electrons. The van der Waals surface area contributed by atoms with E-state index in [1.807, 2.05) is 12.1 Å². The number of nitrogens with zero attached hydrogens (tertiary/aromatic N) is 3. The van der Waals surface area contributed by atoms with E-state index < -0.39 is 5.97 Å². The van der Waals surface area contributed by atoms with E-state index in [9.17, 15) is 9.90 Å². The van der Waals surface area contributed by atoms with Crippen LogP contribution in [-0.2, 0) is 11.3 Å². The molecule has 0 saturated carbocycles. The quantitative estimate of drug-likeness (QED) is 0.833. The van der Waals surface area contributed by atoms with Crippen LogP contribution in [0.2, 0.25) is 0 Å². The highest BCUT2D eigenvalue weighted by Crippen LogP contribution is 2.45. The molecule has 1 N–H and O–H groups in total. The SMILES string of the molecule is CC(C)=CCN1CCC2(CC1)CN(Cc1ccncc1)CC2C(=O)O. The van der Waals surface area contributed by atoms with Gasteiger partial charge in [-0.25, -0.2) is 0 Å². The predicted octanol–water partition coefficient (Wildman–Crippen LogP) is 2.65. The van der Waals surface area contributed by atoms with Gasteiger partial charge in [0.05, 0.1) is 5.92 Å². The summed E-state index contributed by atoms with van der Waals surface area (Å²) in [6, 6.07) is 4.03. The highest BCUT2D eigenvalue weighted by Gasteiger charge is 2.51. The van der Waals surface area contributed by atoms with Gasteiger partial charge in [0, 0.05) is 44.0 Å². The number of aromatic nitrogens is 1. The van der Waals surface area contributed by atoms with Crippen LogP contribution in [0.5, 0.6) is 0 Å². The topological polar surface area (TPSA) is 56.7 Å². The minimum absolute atomic E-state index is 0.0691. The number of piperidine rings is 1. The zero-order chi connectivity index (χ0) is 17.9. The largest absolute Gasteiger partial charge is 0.481 e. The molecule has 0 bridgehead atoms. The highest BCUT2D eigenvalue weighted by atomic mass is 16.4. The van der Waals surface area contributed by atoms with E-state index in [-0.39, 0.29) is 11.3 Å². The van der Waals surface area contributed by atoms with E-state index in [1.165, 1.54) is 11.1 Å². The fourth-order valence-corrected chi connectivity index (χ4v) is 4.28. The van der Waals surface area contributed by atoms with Gasteiger partial charge in [-0.15, -0.1) is 0 Å². The second-order valence-corrected chi connectivity index (χ2v) is 7.86. The van der Waals surface area contributed by atoms with Gasteiger partial charge in [-0.2, -0.15) is 0 Å². The molecule has 0 aliphatic carbocycles. The molecule has 3 heterocycles. The Kier molecular flexibility index (Phi) is 5.54. The van der Waals surface area contributed by atoms with E-state index >= 15 is 0 Å². The van der Waals surface area contributed by atoms with E-state index in [0.29, 0.717) is 6.54 Å². The number of carbonyl (C=O) groups is 1. The molecule has 2 aliphatic heterocycles. The Bertz CT molecular complexity index is 617. The second-order valence-electron chi connectivity index (χ2n) is 7.86. The van der Waals surface area contributed by atoms with Gasteiger partial charge in [0.1, 0.15) is 0 Å². The molecule has 1 unspecified atom stereocenters. The molecule has 0 amide bonds. The third kappa shape index (κ3) is 4.28. The molecule has 2 aliphatic rings. The van der Waals surface area contributed by atoms with Crippen molar-refractivity contribution in [3.05, 3.63) is 41.7 Å². The Balaban J connectivity index is 1.65. The lowest BCUT2D eigenvalue weighted by Gasteiger charge is -2.41. The maximum Gasteiger partial charge on any atom is 0.308 e. The predicted molar refractivity (Wildman–Crippen MR) is 98.2 cm³/mol. The van der Waals surface area contributed by atoms with E-state index in [0.717, 1.165) is 45.6 Å². The number of pyridine rings is 1. The number of hydrogen-bond donors (Lipinski definition) is 1. The van der Waals surface area contributed by atoms with Crippen LogP contribution < -0.4 is 0 Å². The average Bonchev–Trinajstić information content (AvgIpc) is 2.93. The number of aliphatic carboxylic acids is 1. The molecule has 1 atom stereocenters. The van der Waals surface area contributed by atoms with Crippen molar-refractivity contribution in [2.45, 2.75) is 33.2 Å². The molecule has 25 heavy (non-hydrogen) atoms. The van der Waals surface area contributed by atoms with Crippen LogP contribution in [0.15, 0.2) is 36.2 Å². The number of allylic oxidation sites excluding steroid dienone is 1. The normalized spacial score (nSPS) is 23.7. The van der Waals surface area contributed by atoms with Gasteiger partial charge in [0.2, 0.25) is 0 Å². The lowest BCUT2D eigenvalue weighted by Crippen LogP contribution is -2.46. The summed E-state index contributed by atoms with van der Waals surface area (Å²) in [4.78, 5) is 20.7. The van der Waals surface area contributed by atoms with Gasteiger partial charge < -0.3 is 5.11 Å². The van der Waals surface area contributed by atoms with Crippen LogP contribution in [-0.4, -0.2) is 58.6 Å². The lowest BCUT2D eigenvalue weighted by molar-refractivity contribution is -0.145. The number of likely N-dealkylation sites (tertiary alicyclic amines) is 2. The summed E-state index contributed by atoms with van der Waals surface area (Å²) in [5, 5.41) is 9.80. The molecule has 5 nitrogen and oxygen atoms in total. The van der Waals surface area contributed by atoms with Crippen molar-refractivity contribution < 1.29 is 9.90 Å². The summed E-state index contributed by atoms with van der Waals surface area (Å²) in [5.74, 6) is -0.880. The lowest BCUT2D eigenvalue weighted by atomic mass is 9.71. The Morgan fingerprint density at radius 1 is 1.28 bits per heavy atom. The van der Waals surface area contributed by atoms with Gasteiger partial charge in [0.15, 0.2) is 0 Å². The fraction of sp³-hybridized carbons (Fsp3) is 0.600. The fourth-order valence-electron chi connectivity index (χ4n) is 4.28. The summed E-state index contributed by atoms with van der Waals surface area (Å²) in [7, 11) is 0.